The van der Waals surface area contributed by atoms with Crippen molar-refractivity contribution in [1.29, 1.82) is 0 Å². The number of rotatable bonds is 2. The Morgan fingerprint density at radius 2 is 1.53 bits per heavy atom. The fourth-order valence-electron chi connectivity index (χ4n) is 4.69. The van der Waals surface area contributed by atoms with Gasteiger partial charge in [-0.25, -0.2) is 0 Å². The third-order valence-electron chi connectivity index (χ3n) is 6.89. The van der Waals surface area contributed by atoms with Gasteiger partial charge in [0.2, 0.25) is 11.6 Å². The molecule has 2 aromatic rings. The van der Waals surface area contributed by atoms with Crippen LogP contribution in [0.15, 0.2) is 76.1 Å². The third kappa shape index (κ3) is 3.50. The number of Topliss-reactive ketones (excluding diaryl/α,β-unsaturated/α-hetero) is 2. The zero-order valence-electron chi connectivity index (χ0n) is 19.1. The molecule has 34 heavy (non-hydrogen) atoms. The fourth-order valence-corrected chi connectivity index (χ4v) is 5.67. The molecule has 5 rings (SSSR count). The van der Waals surface area contributed by atoms with Gasteiger partial charge in [0.1, 0.15) is 5.76 Å². The molecule has 0 radical (unpaired) electrons. The van der Waals surface area contributed by atoms with Gasteiger partial charge in [-0.15, -0.1) is 0 Å². The molecule has 2 aliphatic heterocycles. The summed E-state index contributed by atoms with van der Waals surface area (Å²) in [4.78, 5) is 30.6. The Hall–Kier alpha value is -2.27. The van der Waals surface area contributed by atoms with Crippen molar-refractivity contribution in [1.82, 2.24) is 0 Å². The number of aliphatic hydroxyl groups is 1. The number of aliphatic hydroxyl groups excluding tert-OH is 1. The van der Waals surface area contributed by atoms with E-state index in [1.54, 1.807) is 12.2 Å². The van der Waals surface area contributed by atoms with E-state index in [0.29, 0.717) is 5.71 Å². The number of aliphatic imine (C=N–C) groups is 1. The summed E-state index contributed by atoms with van der Waals surface area (Å²) in [7, 11) is 0. The SMILES string of the molecule is CC1(C)C(/C=C2\C(=O)C(=O)C(/C=C3\Nc4ccc(I)cc4C3(C)C)=C2O)=Nc2ccc(I)cc21. The molecule has 0 spiro atoms. The summed E-state index contributed by atoms with van der Waals surface area (Å²) in [6.07, 6.45) is 3.18. The molecule has 2 heterocycles. The molecular weight excluding hydrogens is 654 g/mol. The van der Waals surface area contributed by atoms with Crippen LogP contribution in [-0.4, -0.2) is 22.4 Å². The fraction of sp³-hybridized carbons (Fsp3) is 0.222. The van der Waals surface area contributed by atoms with Crippen LogP contribution in [-0.2, 0) is 20.4 Å². The average molecular weight is 676 g/mol. The van der Waals surface area contributed by atoms with Gasteiger partial charge in [-0.3, -0.25) is 14.6 Å². The second-order valence-electron chi connectivity index (χ2n) is 9.76. The number of hydrogen-bond donors (Lipinski definition) is 2. The normalized spacial score (nSPS) is 22.4. The van der Waals surface area contributed by atoms with Crippen LogP contribution in [0.5, 0.6) is 0 Å². The Morgan fingerprint density at radius 1 is 0.882 bits per heavy atom. The van der Waals surface area contributed by atoms with Gasteiger partial charge in [0.25, 0.3) is 0 Å². The largest absolute Gasteiger partial charge is 0.506 e. The number of carbonyl (C=O) groups excluding carboxylic acids is 2. The van der Waals surface area contributed by atoms with E-state index < -0.39 is 22.4 Å². The van der Waals surface area contributed by atoms with E-state index in [9.17, 15) is 14.7 Å². The zero-order valence-corrected chi connectivity index (χ0v) is 23.4. The van der Waals surface area contributed by atoms with Crippen LogP contribution in [0.1, 0.15) is 38.8 Å². The number of allylic oxidation sites excluding steroid dienone is 5. The molecule has 0 atom stereocenters. The zero-order chi connectivity index (χ0) is 24.6. The minimum atomic E-state index is -0.712. The molecule has 2 aromatic carbocycles. The summed E-state index contributed by atoms with van der Waals surface area (Å²) in [5.41, 5.74) is 4.50. The molecule has 2 N–H and O–H groups in total. The van der Waals surface area contributed by atoms with Crippen molar-refractivity contribution < 1.29 is 14.7 Å². The highest BCUT2D eigenvalue weighted by molar-refractivity contribution is 14.1. The van der Waals surface area contributed by atoms with Crippen molar-refractivity contribution in [2.75, 3.05) is 5.32 Å². The molecular formula is C27H22I2N2O3. The van der Waals surface area contributed by atoms with Crippen LogP contribution in [0.3, 0.4) is 0 Å². The molecule has 5 nitrogen and oxygen atoms in total. The highest BCUT2D eigenvalue weighted by atomic mass is 127. The quantitative estimate of drug-likeness (QED) is 0.218. The lowest BCUT2D eigenvalue weighted by molar-refractivity contribution is -0.131. The monoisotopic (exact) mass is 676 g/mol. The molecule has 0 fully saturated rings. The van der Waals surface area contributed by atoms with Crippen molar-refractivity contribution in [3.8, 4) is 0 Å². The van der Waals surface area contributed by atoms with Crippen LogP contribution in [0.4, 0.5) is 11.4 Å². The Balaban J connectivity index is 1.56. The maximum atomic E-state index is 12.9. The smallest absolute Gasteiger partial charge is 0.237 e. The molecule has 7 heteroatoms. The molecule has 0 amide bonds. The number of nitrogens with one attached hydrogen (secondary N) is 1. The second kappa shape index (κ2) is 7.87. The molecule has 1 aliphatic carbocycles. The molecule has 3 aliphatic rings. The van der Waals surface area contributed by atoms with E-state index in [1.807, 2.05) is 38.1 Å². The maximum Gasteiger partial charge on any atom is 0.237 e. The highest BCUT2D eigenvalue weighted by Gasteiger charge is 2.41. The van der Waals surface area contributed by atoms with E-state index in [-0.39, 0.29) is 16.9 Å². The lowest BCUT2D eigenvalue weighted by Gasteiger charge is -2.21. The van der Waals surface area contributed by atoms with Crippen molar-refractivity contribution in [2.45, 2.75) is 38.5 Å². The van der Waals surface area contributed by atoms with Gasteiger partial charge in [-0.05, 0) is 105 Å². The number of fused-ring (bicyclic) bond motifs is 2. The minimum absolute atomic E-state index is 0.00552. The lowest BCUT2D eigenvalue weighted by atomic mass is 9.81. The van der Waals surface area contributed by atoms with E-state index >= 15 is 0 Å². The van der Waals surface area contributed by atoms with Crippen LogP contribution in [0.25, 0.3) is 0 Å². The van der Waals surface area contributed by atoms with Crippen molar-refractivity contribution in [2.24, 2.45) is 4.99 Å². The van der Waals surface area contributed by atoms with Crippen molar-refractivity contribution in [3.63, 3.8) is 0 Å². The maximum absolute atomic E-state index is 12.9. The van der Waals surface area contributed by atoms with Gasteiger partial charge < -0.3 is 10.4 Å². The second-order valence-corrected chi connectivity index (χ2v) is 12.3. The van der Waals surface area contributed by atoms with Crippen molar-refractivity contribution >= 4 is 73.8 Å². The molecule has 0 aromatic heterocycles. The molecule has 0 saturated carbocycles. The first kappa shape index (κ1) is 23.5. The van der Waals surface area contributed by atoms with Gasteiger partial charge >= 0.3 is 0 Å². The molecule has 0 unspecified atom stereocenters. The summed E-state index contributed by atoms with van der Waals surface area (Å²) >= 11 is 4.53. The standard InChI is InChI=1S/C27H22I2N2O3/c1-26(2)17-9-13(28)5-7-19(17)30-21(26)11-15-23(32)16(25(34)24(15)33)12-22-27(3,4)18-10-14(29)6-8-20(18)31-22/h5-12,30,32H,1-4H3/b16-12-,21-11-. The number of anilines is 1. The number of nitrogens with zero attached hydrogens (tertiary/aromatic N) is 1. The average Bonchev–Trinajstić information content (AvgIpc) is 3.25. The Labute approximate surface area is 225 Å². The van der Waals surface area contributed by atoms with Gasteiger partial charge in [0, 0.05) is 29.4 Å². The summed E-state index contributed by atoms with van der Waals surface area (Å²) < 4.78 is 2.21. The van der Waals surface area contributed by atoms with Crippen LogP contribution in [0.2, 0.25) is 0 Å². The molecule has 0 bridgehead atoms. The van der Waals surface area contributed by atoms with Crippen molar-refractivity contribution in [3.05, 3.63) is 89.4 Å². The Bertz CT molecular complexity index is 1440. The summed E-state index contributed by atoms with van der Waals surface area (Å²) in [6, 6.07) is 12.1. The number of ketones is 2. The third-order valence-corrected chi connectivity index (χ3v) is 8.23. The number of hydrogen-bond acceptors (Lipinski definition) is 5. The Kier molecular flexibility index (Phi) is 5.44. The first-order chi connectivity index (χ1) is 15.9. The predicted octanol–water partition coefficient (Wildman–Crippen LogP) is 6.44. The van der Waals surface area contributed by atoms with Gasteiger partial charge in [0.05, 0.1) is 22.5 Å². The van der Waals surface area contributed by atoms with E-state index in [4.69, 9.17) is 4.99 Å². The molecule has 172 valence electrons. The van der Waals surface area contributed by atoms with Gasteiger partial charge in [-0.2, -0.15) is 0 Å². The minimum Gasteiger partial charge on any atom is -0.506 e. The van der Waals surface area contributed by atoms with Crippen LogP contribution in [0, 0.1) is 7.14 Å². The Morgan fingerprint density at radius 3 is 2.24 bits per heavy atom. The number of halogens is 2. The number of benzene rings is 2. The van der Waals surface area contributed by atoms with Crippen LogP contribution < -0.4 is 5.32 Å². The summed E-state index contributed by atoms with van der Waals surface area (Å²) in [5.74, 6) is -1.71. The predicted molar refractivity (Wildman–Crippen MR) is 151 cm³/mol. The first-order valence-electron chi connectivity index (χ1n) is 10.8. The lowest BCUT2D eigenvalue weighted by Crippen LogP contribution is -2.25. The molecule has 0 saturated heterocycles. The van der Waals surface area contributed by atoms with E-state index in [1.165, 1.54) is 0 Å². The van der Waals surface area contributed by atoms with Crippen LogP contribution >= 0.6 is 45.2 Å². The van der Waals surface area contributed by atoms with Gasteiger partial charge in [0.15, 0.2) is 0 Å². The topological polar surface area (TPSA) is 78.8 Å². The summed E-state index contributed by atoms with van der Waals surface area (Å²) in [5, 5.41) is 14.4. The highest BCUT2D eigenvalue weighted by Crippen LogP contribution is 2.45. The first-order valence-corrected chi connectivity index (χ1v) is 13.0. The number of carbonyl (C=O) groups is 2. The van der Waals surface area contributed by atoms with E-state index in [2.05, 4.69) is 76.5 Å². The van der Waals surface area contributed by atoms with E-state index in [0.717, 1.165) is 35.3 Å². The summed E-state index contributed by atoms with van der Waals surface area (Å²) in [6.45, 7) is 8.16. The van der Waals surface area contributed by atoms with Gasteiger partial charge in [-0.1, -0.05) is 27.7 Å².